The van der Waals surface area contributed by atoms with Crippen molar-refractivity contribution in [2.45, 2.75) is 63.6 Å². The number of carbonyl (C=O) groups is 1. The highest BCUT2D eigenvalue weighted by Crippen LogP contribution is 2.25. The molecule has 2 heterocycles. The quantitative estimate of drug-likeness (QED) is 0.784. The van der Waals surface area contributed by atoms with Crippen molar-refractivity contribution in [3.05, 3.63) is 40.7 Å². The van der Waals surface area contributed by atoms with Crippen LogP contribution in [0.5, 0.6) is 0 Å². The van der Waals surface area contributed by atoms with Crippen molar-refractivity contribution >= 4 is 17.4 Å². The van der Waals surface area contributed by atoms with Crippen LogP contribution in [0, 0.1) is 0 Å². The third-order valence-electron chi connectivity index (χ3n) is 5.90. The fraction of sp³-hybridized carbons (Fsp3) is 0.545. The fourth-order valence-electron chi connectivity index (χ4n) is 4.43. The Kier molecular flexibility index (Phi) is 6.60. The summed E-state index contributed by atoms with van der Waals surface area (Å²) in [4.78, 5) is 19.6. The van der Waals surface area contributed by atoms with Gasteiger partial charge in [-0.25, -0.2) is 9.78 Å². The van der Waals surface area contributed by atoms with E-state index in [2.05, 4.69) is 32.7 Å². The minimum Gasteiger partial charge on any atom is -0.334 e. The van der Waals surface area contributed by atoms with Crippen LogP contribution in [0.3, 0.4) is 0 Å². The van der Waals surface area contributed by atoms with Crippen molar-refractivity contribution in [2.75, 3.05) is 13.1 Å². The van der Waals surface area contributed by atoms with E-state index in [4.69, 9.17) is 0 Å². The summed E-state index contributed by atoms with van der Waals surface area (Å²) in [7, 11) is 0. The van der Waals surface area contributed by atoms with E-state index in [-0.39, 0.29) is 12.1 Å². The third kappa shape index (κ3) is 5.11. The lowest BCUT2D eigenvalue weighted by molar-refractivity contribution is 0.112. The number of piperidine rings is 1. The number of urea groups is 1. The number of hydrogen-bond donors (Lipinski definition) is 2. The van der Waals surface area contributed by atoms with Gasteiger partial charge in [0, 0.05) is 29.6 Å². The molecule has 1 aromatic heterocycles. The molecule has 0 radical (unpaired) electrons. The normalized spacial score (nSPS) is 21.4. The highest BCUT2D eigenvalue weighted by molar-refractivity contribution is 7.09. The van der Waals surface area contributed by atoms with Crippen LogP contribution in [0.25, 0.3) is 11.3 Å². The Balaban J connectivity index is 1.24. The topological polar surface area (TPSA) is 57.3 Å². The highest BCUT2D eigenvalue weighted by Gasteiger charge is 2.27. The van der Waals surface area contributed by atoms with Crippen LogP contribution in [0.2, 0.25) is 0 Å². The van der Waals surface area contributed by atoms with Crippen molar-refractivity contribution < 1.29 is 4.79 Å². The van der Waals surface area contributed by atoms with E-state index >= 15 is 0 Å². The second kappa shape index (κ2) is 9.52. The van der Waals surface area contributed by atoms with Gasteiger partial charge in [-0.15, -0.1) is 11.3 Å². The maximum atomic E-state index is 12.4. The molecule has 150 valence electrons. The van der Waals surface area contributed by atoms with Crippen molar-refractivity contribution in [1.29, 1.82) is 0 Å². The lowest BCUT2D eigenvalue weighted by Gasteiger charge is -2.40. The lowest BCUT2D eigenvalue weighted by Crippen LogP contribution is -2.53. The number of nitrogens with one attached hydrogen (secondary N) is 2. The molecule has 1 saturated carbocycles. The smallest absolute Gasteiger partial charge is 0.315 e. The summed E-state index contributed by atoms with van der Waals surface area (Å²) in [6.45, 7) is 2.65. The van der Waals surface area contributed by atoms with Gasteiger partial charge >= 0.3 is 6.03 Å². The Labute approximate surface area is 171 Å². The van der Waals surface area contributed by atoms with Gasteiger partial charge in [0.2, 0.25) is 0 Å². The summed E-state index contributed by atoms with van der Waals surface area (Å²) < 4.78 is 0. The molecular weight excluding hydrogens is 368 g/mol. The molecule has 5 nitrogen and oxygen atoms in total. The average Bonchev–Trinajstić information content (AvgIpc) is 3.23. The van der Waals surface area contributed by atoms with Crippen LogP contribution in [0.4, 0.5) is 4.79 Å². The van der Waals surface area contributed by atoms with Crippen LogP contribution >= 0.6 is 11.3 Å². The van der Waals surface area contributed by atoms with Gasteiger partial charge in [0.15, 0.2) is 0 Å². The van der Waals surface area contributed by atoms with Crippen molar-refractivity contribution in [1.82, 2.24) is 20.5 Å². The van der Waals surface area contributed by atoms with E-state index in [9.17, 15) is 4.79 Å². The van der Waals surface area contributed by atoms with E-state index in [1.54, 1.807) is 11.3 Å². The first-order chi connectivity index (χ1) is 13.8. The summed E-state index contributed by atoms with van der Waals surface area (Å²) in [6, 6.07) is 11.1. The minimum atomic E-state index is -0.0769. The van der Waals surface area contributed by atoms with Crippen LogP contribution in [-0.4, -0.2) is 41.1 Å². The van der Waals surface area contributed by atoms with Gasteiger partial charge in [-0.2, -0.15) is 0 Å². The molecule has 2 amide bonds. The molecule has 1 aliphatic heterocycles. The maximum absolute atomic E-state index is 12.4. The Morgan fingerprint density at radius 2 is 1.93 bits per heavy atom. The number of amides is 2. The van der Waals surface area contributed by atoms with E-state index in [1.807, 2.05) is 23.6 Å². The molecule has 1 saturated heterocycles. The predicted octanol–water partition coefficient (Wildman–Crippen LogP) is 4.41. The first-order valence-corrected chi connectivity index (χ1v) is 11.4. The molecular formula is C22H30N4OS. The number of likely N-dealkylation sites (tertiary alicyclic amines) is 1. The summed E-state index contributed by atoms with van der Waals surface area (Å²) in [5, 5.41) is 9.15. The summed E-state index contributed by atoms with van der Waals surface area (Å²) in [5.41, 5.74) is 2.08. The number of rotatable bonds is 5. The van der Waals surface area contributed by atoms with Crippen LogP contribution in [0.1, 0.15) is 50.0 Å². The van der Waals surface area contributed by atoms with Gasteiger partial charge in [-0.05, 0) is 32.2 Å². The summed E-state index contributed by atoms with van der Waals surface area (Å²) in [5.74, 6) is 0. The van der Waals surface area contributed by atoms with Gasteiger partial charge in [0.25, 0.3) is 0 Å². The predicted molar refractivity (Wildman–Crippen MR) is 114 cm³/mol. The number of hydrogen-bond acceptors (Lipinski definition) is 4. The van der Waals surface area contributed by atoms with Crippen LogP contribution < -0.4 is 10.6 Å². The second-order valence-electron chi connectivity index (χ2n) is 7.95. The molecule has 28 heavy (non-hydrogen) atoms. The molecule has 0 spiro atoms. The van der Waals surface area contributed by atoms with Crippen molar-refractivity contribution in [3.63, 3.8) is 0 Å². The zero-order valence-corrected chi connectivity index (χ0v) is 17.2. The van der Waals surface area contributed by atoms with Crippen molar-refractivity contribution in [3.8, 4) is 11.3 Å². The number of thiazole rings is 1. The van der Waals surface area contributed by atoms with Gasteiger partial charge < -0.3 is 10.6 Å². The molecule has 0 bridgehead atoms. The zero-order valence-electron chi connectivity index (χ0n) is 16.4. The van der Waals surface area contributed by atoms with Gasteiger partial charge in [0.05, 0.1) is 12.2 Å². The summed E-state index contributed by atoms with van der Waals surface area (Å²) in [6.07, 6.45) is 9.01. The Hall–Kier alpha value is -1.92. The second-order valence-corrected chi connectivity index (χ2v) is 8.89. The molecule has 1 unspecified atom stereocenters. The van der Waals surface area contributed by atoms with Gasteiger partial charge in [-0.3, -0.25) is 4.90 Å². The fourth-order valence-corrected chi connectivity index (χ4v) is 5.17. The number of benzene rings is 1. The van der Waals surface area contributed by atoms with E-state index in [0.717, 1.165) is 35.3 Å². The monoisotopic (exact) mass is 398 g/mol. The molecule has 4 rings (SSSR count). The zero-order chi connectivity index (χ0) is 19.2. The molecule has 1 atom stereocenters. The Morgan fingerprint density at radius 3 is 2.75 bits per heavy atom. The average molecular weight is 399 g/mol. The van der Waals surface area contributed by atoms with Crippen LogP contribution in [0.15, 0.2) is 35.7 Å². The van der Waals surface area contributed by atoms with Gasteiger partial charge in [0.1, 0.15) is 5.01 Å². The number of aromatic nitrogens is 1. The lowest BCUT2D eigenvalue weighted by atomic mass is 9.92. The number of nitrogens with zero attached hydrogens (tertiary/aromatic N) is 2. The first-order valence-electron chi connectivity index (χ1n) is 10.6. The highest BCUT2D eigenvalue weighted by atomic mass is 32.1. The SMILES string of the molecule is O=C(NCc1nc(-c2ccccc2)cs1)NC1CCCN(C2CCCCC2)C1. The molecule has 2 aromatic rings. The maximum Gasteiger partial charge on any atom is 0.315 e. The standard InChI is InChI=1S/C22H30N4OS/c27-22(23-14-21-25-20(16-28-21)17-8-3-1-4-9-17)24-18-10-7-13-26(15-18)19-11-5-2-6-12-19/h1,3-4,8-9,16,18-19H,2,5-7,10-15H2,(H2,23,24,27). The molecule has 2 fully saturated rings. The molecule has 6 heteroatoms. The number of carbonyl (C=O) groups excluding carboxylic acids is 1. The molecule has 1 aliphatic carbocycles. The van der Waals surface area contributed by atoms with E-state index in [0.29, 0.717) is 6.54 Å². The van der Waals surface area contributed by atoms with Crippen LogP contribution in [-0.2, 0) is 6.54 Å². The van der Waals surface area contributed by atoms with Gasteiger partial charge in [-0.1, -0.05) is 49.6 Å². The Morgan fingerprint density at radius 1 is 1.11 bits per heavy atom. The third-order valence-corrected chi connectivity index (χ3v) is 6.75. The molecule has 2 N–H and O–H groups in total. The van der Waals surface area contributed by atoms with E-state index < -0.39 is 0 Å². The molecule has 1 aromatic carbocycles. The van der Waals surface area contributed by atoms with E-state index in [1.165, 1.54) is 45.1 Å². The van der Waals surface area contributed by atoms with Crippen molar-refractivity contribution in [2.24, 2.45) is 0 Å². The molecule has 2 aliphatic rings. The Bertz CT molecular complexity index is 757. The summed E-state index contributed by atoms with van der Waals surface area (Å²) >= 11 is 1.59. The largest absolute Gasteiger partial charge is 0.334 e. The first kappa shape index (κ1) is 19.4. The minimum absolute atomic E-state index is 0.0769.